The van der Waals surface area contributed by atoms with Gasteiger partial charge in [0.05, 0.1) is 7.11 Å². The molecular weight excluding hydrogens is 186 g/mol. The smallest absolute Gasteiger partial charge is 0.123 e. The van der Waals surface area contributed by atoms with Crippen LogP contribution in [0.25, 0.3) is 0 Å². The summed E-state index contributed by atoms with van der Waals surface area (Å²) in [5.41, 5.74) is 2.70. The summed E-state index contributed by atoms with van der Waals surface area (Å²) in [5, 5.41) is 3.42. The number of rotatable bonds is 3. The minimum Gasteiger partial charge on any atom is -0.496 e. The molecule has 0 aromatic heterocycles. The zero-order valence-corrected chi connectivity index (χ0v) is 9.71. The molecule has 2 nitrogen and oxygen atoms in total. The molecule has 1 fully saturated rings. The van der Waals surface area contributed by atoms with E-state index < -0.39 is 0 Å². The van der Waals surface area contributed by atoms with Crippen molar-refractivity contribution in [1.29, 1.82) is 0 Å². The number of methoxy groups -OCH3 is 1. The predicted molar refractivity (Wildman–Crippen MR) is 62.4 cm³/mol. The molecule has 0 saturated carbocycles. The molecule has 0 bridgehead atoms. The number of benzene rings is 1. The molecule has 1 aliphatic heterocycles. The molecule has 1 heterocycles. The lowest BCUT2D eigenvalue weighted by atomic mass is 9.92. The molecule has 1 aliphatic rings. The molecule has 1 aromatic carbocycles. The zero-order chi connectivity index (χ0) is 10.8. The third-order valence-corrected chi connectivity index (χ3v) is 3.12. The Kier molecular flexibility index (Phi) is 2.96. The standard InChI is InChI=1S/C13H19NO/c1-9(2)10-4-5-13(15-3)11(8-10)12-6-7-14-12/h4-5,8-9,12,14H,6-7H2,1-3H3/t12-/m0/s1. The first-order chi connectivity index (χ1) is 7.22. The average Bonchev–Trinajstić information content (AvgIpc) is 2.15. The fourth-order valence-electron chi connectivity index (χ4n) is 1.94. The quantitative estimate of drug-likeness (QED) is 0.819. The van der Waals surface area contributed by atoms with Crippen molar-refractivity contribution in [2.24, 2.45) is 0 Å². The lowest BCUT2D eigenvalue weighted by Gasteiger charge is -2.30. The van der Waals surface area contributed by atoms with E-state index in [0.717, 1.165) is 12.3 Å². The van der Waals surface area contributed by atoms with Crippen LogP contribution in [-0.2, 0) is 0 Å². The summed E-state index contributed by atoms with van der Waals surface area (Å²) in [5.74, 6) is 1.59. The van der Waals surface area contributed by atoms with Gasteiger partial charge in [-0.3, -0.25) is 0 Å². The summed E-state index contributed by atoms with van der Waals surface area (Å²) in [6.45, 7) is 5.57. The van der Waals surface area contributed by atoms with Crippen molar-refractivity contribution in [2.45, 2.75) is 32.2 Å². The van der Waals surface area contributed by atoms with Crippen molar-refractivity contribution in [3.05, 3.63) is 29.3 Å². The van der Waals surface area contributed by atoms with E-state index in [-0.39, 0.29) is 0 Å². The van der Waals surface area contributed by atoms with Gasteiger partial charge < -0.3 is 10.1 Å². The highest BCUT2D eigenvalue weighted by Crippen LogP contribution is 2.33. The summed E-state index contributed by atoms with van der Waals surface area (Å²) in [6.07, 6.45) is 1.22. The highest BCUT2D eigenvalue weighted by Gasteiger charge is 2.22. The van der Waals surface area contributed by atoms with E-state index in [2.05, 4.69) is 37.4 Å². The minimum atomic E-state index is 0.499. The third-order valence-electron chi connectivity index (χ3n) is 3.12. The molecule has 15 heavy (non-hydrogen) atoms. The van der Waals surface area contributed by atoms with Gasteiger partial charge in [-0.2, -0.15) is 0 Å². The van der Waals surface area contributed by atoms with Crippen molar-refractivity contribution in [3.63, 3.8) is 0 Å². The molecule has 2 heteroatoms. The summed E-state index contributed by atoms with van der Waals surface area (Å²) < 4.78 is 5.40. The van der Waals surface area contributed by atoms with Crippen molar-refractivity contribution < 1.29 is 4.74 Å². The second kappa shape index (κ2) is 4.23. The van der Waals surface area contributed by atoms with Crippen LogP contribution in [0.5, 0.6) is 5.75 Å². The van der Waals surface area contributed by atoms with Crippen molar-refractivity contribution in [1.82, 2.24) is 5.32 Å². The molecule has 82 valence electrons. The first kappa shape index (κ1) is 10.5. The van der Waals surface area contributed by atoms with Crippen molar-refractivity contribution >= 4 is 0 Å². The van der Waals surface area contributed by atoms with E-state index in [0.29, 0.717) is 12.0 Å². The van der Waals surface area contributed by atoms with Crippen LogP contribution in [0.3, 0.4) is 0 Å². The van der Waals surface area contributed by atoms with E-state index in [1.54, 1.807) is 7.11 Å². The summed E-state index contributed by atoms with van der Waals surface area (Å²) >= 11 is 0. The molecule has 2 rings (SSSR count). The Morgan fingerprint density at radius 2 is 2.13 bits per heavy atom. The van der Waals surface area contributed by atoms with E-state index in [4.69, 9.17) is 4.74 Å². The van der Waals surface area contributed by atoms with Crippen LogP contribution in [0.4, 0.5) is 0 Å². The lowest BCUT2D eigenvalue weighted by Crippen LogP contribution is -2.35. The van der Waals surface area contributed by atoms with Gasteiger partial charge in [0, 0.05) is 11.6 Å². The Labute approximate surface area is 91.6 Å². The Morgan fingerprint density at radius 1 is 1.40 bits per heavy atom. The van der Waals surface area contributed by atoms with E-state index in [9.17, 15) is 0 Å². The number of nitrogens with one attached hydrogen (secondary N) is 1. The van der Waals surface area contributed by atoms with Gasteiger partial charge in [-0.15, -0.1) is 0 Å². The highest BCUT2D eigenvalue weighted by molar-refractivity contribution is 5.41. The first-order valence-electron chi connectivity index (χ1n) is 5.63. The second-order valence-electron chi connectivity index (χ2n) is 4.45. The van der Waals surface area contributed by atoms with Gasteiger partial charge in [0.1, 0.15) is 5.75 Å². The van der Waals surface area contributed by atoms with Gasteiger partial charge in [-0.05, 0) is 30.5 Å². The predicted octanol–water partition coefficient (Wildman–Crippen LogP) is 2.85. The molecule has 0 amide bonds. The first-order valence-corrected chi connectivity index (χ1v) is 5.63. The summed E-state index contributed by atoms with van der Waals surface area (Å²) in [7, 11) is 1.74. The number of hydrogen-bond donors (Lipinski definition) is 1. The van der Waals surface area contributed by atoms with Crippen LogP contribution >= 0.6 is 0 Å². The molecule has 0 spiro atoms. The van der Waals surface area contributed by atoms with Crippen LogP contribution in [0.2, 0.25) is 0 Å². The van der Waals surface area contributed by atoms with Crippen LogP contribution in [0.15, 0.2) is 18.2 Å². The van der Waals surface area contributed by atoms with Gasteiger partial charge >= 0.3 is 0 Å². The summed E-state index contributed by atoms with van der Waals surface area (Å²) in [6, 6.07) is 7.02. The second-order valence-corrected chi connectivity index (χ2v) is 4.45. The fourth-order valence-corrected chi connectivity index (χ4v) is 1.94. The molecule has 0 radical (unpaired) electrons. The summed E-state index contributed by atoms with van der Waals surface area (Å²) in [4.78, 5) is 0. The van der Waals surface area contributed by atoms with Gasteiger partial charge in [-0.25, -0.2) is 0 Å². The van der Waals surface area contributed by atoms with Crippen molar-refractivity contribution in [2.75, 3.05) is 13.7 Å². The Bertz CT molecular complexity index is 342. The van der Waals surface area contributed by atoms with Gasteiger partial charge in [-0.1, -0.05) is 26.0 Å². The van der Waals surface area contributed by atoms with Gasteiger partial charge in [0.2, 0.25) is 0 Å². The normalized spacial score (nSPS) is 20.1. The molecule has 0 aliphatic carbocycles. The largest absolute Gasteiger partial charge is 0.496 e. The molecule has 1 N–H and O–H groups in total. The fraction of sp³-hybridized carbons (Fsp3) is 0.538. The third kappa shape index (κ3) is 2.00. The van der Waals surface area contributed by atoms with Crippen LogP contribution in [0.1, 0.15) is 43.4 Å². The Morgan fingerprint density at radius 3 is 2.60 bits per heavy atom. The van der Waals surface area contributed by atoms with E-state index >= 15 is 0 Å². The van der Waals surface area contributed by atoms with E-state index in [1.165, 1.54) is 17.5 Å². The molecule has 1 aromatic rings. The van der Waals surface area contributed by atoms with Crippen LogP contribution < -0.4 is 10.1 Å². The Hall–Kier alpha value is -1.02. The minimum absolute atomic E-state index is 0.499. The SMILES string of the molecule is COc1ccc(C(C)C)cc1[C@@H]1CCN1. The highest BCUT2D eigenvalue weighted by atomic mass is 16.5. The zero-order valence-electron chi connectivity index (χ0n) is 9.71. The lowest BCUT2D eigenvalue weighted by molar-refractivity contribution is 0.353. The number of hydrogen-bond acceptors (Lipinski definition) is 2. The average molecular weight is 205 g/mol. The van der Waals surface area contributed by atoms with Crippen LogP contribution in [0, 0.1) is 0 Å². The monoisotopic (exact) mass is 205 g/mol. The van der Waals surface area contributed by atoms with E-state index in [1.807, 2.05) is 0 Å². The van der Waals surface area contributed by atoms with Crippen molar-refractivity contribution in [3.8, 4) is 5.75 Å². The molecule has 1 saturated heterocycles. The van der Waals surface area contributed by atoms with Crippen LogP contribution in [-0.4, -0.2) is 13.7 Å². The Balaban J connectivity index is 2.33. The topological polar surface area (TPSA) is 21.3 Å². The van der Waals surface area contributed by atoms with Gasteiger partial charge in [0.15, 0.2) is 0 Å². The number of ether oxygens (including phenoxy) is 1. The maximum Gasteiger partial charge on any atom is 0.123 e. The maximum atomic E-state index is 5.40. The molecule has 0 unspecified atom stereocenters. The molecule has 1 atom stereocenters. The maximum absolute atomic E-state index is 5.40. The molecular formula is C13H19NO. The van der Waals surface area contributed by atoms with Gasteiger partial charge in [0.25, 0.3) is 0 Å².